The van der Waals surface area contributed by atoms with E-state index in [9.17, 15) is 14.0 Å². The van der Waals surface area contributed by atoms with Gasteiger partial charge in [-0.3, -0.25) is 9.59 Å². The molecule has 1 fully saturated rings. The Morgan fingerprint density at radius 2 is 1.97 bits per heavy atom. The Morgan fingerprint density at radius 3 is 2.69 bits per heavy atom. The zero-order chi connectivity index (χ0) is 22.1. The second kappa shape index (κ2) is 8.77. The van der Waals surface area contributed by atoms with Crippen LogP contribution >= 0.6 is 22.7 Å². The van der Waals surface area contributed by atoms with Crippen molar-refractivity contribution in [3.05, 3.63) is 57.9 Å². The van der Waals surface area contributed by atoms with Crippen molar-refractivity contribution < 1.29 is 13.9 Å². The number of thiophene rings is 1. The van der Waals surface area contributed by atoms with Crippen LogP contribution in [0.2, 0.25) is 0 Å². The number of hydrogen-bond acceptors (Lipinski definition) is 8. The zero-order valence-corrected chi connectivity index (χ0v) is 18.4. The van der Waals surface area contributed by atoms with Crippen molar-refractivity contribution in [3.8, 4) is 10.6 Å². The number of nitrogens with zero attached hydrogens (tertiary/aromatic N) is 4. The fourth-order valence-electron chi connectivity index (χ4n) is 3.39. The molecule has 1 amide bonds. The highest BCUT2D eigenvalue weighted by Crippen LogP contribution is 2.35. The minimum absolute atomic E-state index is 0.283. The van der Waals surface area contributed by atoms with Gasteiger partial charge < -0.3 is 15.0 Å². The van der Waals surface area contributed by atoms with Gasteiger partial charge in [0, 0.05) is 18.8 Å². The van der Waals surface area contributed by atoms with Gasteiger partial charge >= 0.3 is 0 Å². The van der Waals surface area contributed by atoms with Crippen LogP contribution < -0.4 is 15.8 Å². The normalized spacial score (nSPS) is 14.1. The number of hydrogen-bond donors (Lipinski definition) is 1. The number of rotatable bonds is 5. The van der Waals surface area contributed by atoms with Crippen molar-refractivity contribution >= 4 is 49.6 Å². The van der Waals surface area contributed by atoms with E-state index in [2.05, 4.69) is 20.3 Å². The molecule has 0 radical (unpaired) electrons. The number of nitrogens with one attached hydrogen (secondary N) is 1. The van der Waals surface area contributed by atoms with Gasteiger partial charge in [-0.25, -0.2) is 14.1 Å². The van der Waals surface area contributed by atoms with Crippen LogP contribution in [0.25, 0.3) is 20.8 Å². The molecule has 3 aromatic heterocycles. The molecule has 1 N–H and O–H groups in total. The molecular weight excluding hydrogens is 453 g/mol. The van der Waals surface area contributed by atoms with Crippen molar-refractivity contribution in [1.29, 1.82) is 0 Å². The fourth-order valence-corrected chi connectivity index (χ4v) is 5.28. The molecule has 8 nitrogen and oxygen atoms in total. The second-order valence-corrected chi connectivity index (χ2v) is 9.04. The fraction of sp³-hybridized carbons (Fsp3) is 0.238. The standard InChI is InChI=1S/C21H18FN5O3S2/c22-13-3-5-14(6-4-13)23-16(28)12-27-20(29)18-19(17(25-27)15-2-1-11-31-15)32-21(24-18)26-7-9-30-10-8-26/h1-6,11H,7-10,12H2,(H,23,28). The SMILES string of the molecule is O=C(Cn1nc(-c2cccs2)c2sc(N3CCOCC3)nc2c1=O)Nc1ccc(F)cc1. The van der Waals surface area contributed by atoms with Crippen molar-refractivity contribution in [1.82, 2.24) is 14.8 Å². The number of thiazole rings is 1. The number of amides is 1. The van der Waals surface area contributed by atoms with Gasteiger partial charge in [0.1, 0.15) is 18.1 Å². The molecule has 32 heavy (non-hydrogen) atoms. The molecule has 0 aliphatic carbocycles. The quantitative estimate of drug-likeness (QED) is 0.481. The maximum atomic E-state index is 13.2. The molecule has 4 aromatic rings. The second-order valence-electron chi connectivity index (χ2n) is 7.12. The van der Waals surface area contributed by atoms with Gasteiger partial charge in [0.2, 0.25) is 5.91 Å². The van der Waals surface area contributed by atoms with Crippen molar-refractivity contribution in [2.75, 3.05) is 36.5 Å². The predicted molar refractivity (Wildman–Crippen MR) is 123 cm³/mol. The molecule has 0 unspecified atom stereocenters. The van der Waals surface area contributed by atoms with E-state index in [4.69, 9.17) is 4.74 Å². The number of aromatic nitrogens is 3. The average molecular weight is 472 g/mol. The first-order valence-electron chi connectivity index (χ1n) is 9.92. The third-order valence-electron chi connectivity index (χ3n) is 4.95. The summed E-state index contributed by atoms with van der Waals surface area (Å²) in [4.78, 5) is 33.3. The summed E-state index contributed by atoms with van der Waals surface area (Å²) >= 11 is 2.93. The van der Waals surface area contributed by atoms with Gasteiger partial charge in [-0.1, -0.05) is 17.4 Å². The van der Waals surface area contributed by atoms with Crippen LogP contribution in [0.5, 0.6) is 0 Å². The molecular formula is C21H18FN5O3S2. The Bertz CT molecular complexity index is 1310. The molecule has 1 saturated heterocycles. The van der Waals surface area contributed by atoms with Crippen LogP contribution in [0.15, 0.2) is 46.6 Å². The number of carbonyl (C=O) groups excluding carboxylic acids is 1. The maximum absolute atomic E-state index is 13.2. The summed E-state index contributed by atoms with van der Waals surface area (Å²) in [6, 6.07) is 9.26. The monoisotopic (exact) mass is 471 g/mol. The van der Waals surface area contributed by atoms with Gasteiger partial charge in [-0.2, -0.15) is 5.10 Å². The molecule has 5 rings (SSSR count). The summed E-state index contributed by atoms with van der Waals surface area (Å²) in [5.41, 5.74) is 0.934. The van der Waals surface area contributed by atoms with Gasteiger partial charge in [-0.15, -0.1) is 11.3 Å². The average Bonchev–Trinajstić information content (AvgIpc) is 3.49. The Labute approximate surface area is 189 Å². The van der Waals surface area contributed by atoms with Crippen LogP contribution in [0.3, 0.4) is 0 Å². The molecule has 0 bridgehead atoms. The summed E-state index contributed by atoms with van der Waals surface area (Å²) in [6.07, 6.45) is 0. The smallest absolute Gasteiger partial charge is 0.294 e. The lowest BCUT2D eigenvalue weighted by molar-refractivity contribution is -0.117. The third kappa shape index (κ3) is 4.14. The van der Waals surface area contributed by atoms with Gasteiger partial charge in [0.05, 0.1) is 22.8 Å². The van der Waals surface area contributed by atoms with E-state index in [1.807, 2.05) is 17.5 Å². The Balaban J connectivity index is 1.52. The van der Waals surface area contributed by atoms with Crippen molar-refractivity contribution in [3.63, 3.8) is 0 Å². The number of morpholine rings is 1. The van der Waals surface area contributed by atoms with Gasteiger partial charge in [0.15, 0.2) is 10.6 Å². The number of anilines is 2. The van der Waals surface area contributed by atoms with E-state index in [1.54, 1.807) is 0 Å². The highest BCUT2D eigenvalue weighted by Gasteiger charge is 2.22. The van der Waals surface area contributed by atoms with Crippen LogP contribution in [0.4, 0.5) is 15.2 Å². The number of ether oxygens (including phenoxy) is 1. The number of benzene rings is 1. The number of fused-ring (bicyclic) bond motifs is 1. The number of halogens is 1. The molecule has 4 heterocycles. The van der Waals surface area contributed by atoms with Crippen molar-refractivity contribution in [2.24, 2.45) is 0 Å². The van der Waals surface area contributed by atoms with E-state index in [0.717, 1.165) is 14.7 Å². The van der Waals surface area contributed by atoms with E-state index in [0.29, 0.717) is 47.9 Å². The largest absolute Gasteiger partial charge is 0.378 e. The molecule has 1 aliphatic rings. The first-order chi connectivity index (χ1) is 15.6. The summed E-state index contributed by atoms with van der Waals surface area (Å²) in [7, 11) is 0. The first kappa shape index (κ1) is 20.7. The van der Waals surface area contributed by atoms with E-state index in [-0.39, 0.29) is 6.54 Å². The highest BCUT2D eigenvalue weighted by atomic mass is 32.1. The first-order valence-corrected chi connectivity index (χ1v) is 11.6. The third-order valence-corrected chi connectivity index (χ3v) is 6.95. The molecule has 1 aromatic carbocycles. The molecule has 0 saturated carbocycles. The Kier molecular flexibility index (Phi) is 5.68. The van der Waals surface area contributed by atoms with Crippen LogP contribution in [0.1, 0.15) is 0 Å². The summed E-state index contributed by atoms with van der Waals surface area (Å²) in [5, 5.41) is 9.86. The lowest BCUT2D eigenvalue weighted by Crippen LogP contribution is -2.36. The van der Waals surface area contributed by atoms with E-state index >= 15 is 0 Å². The van der Waals surface area contributed by atoms with Crippen LogP contribution in [-0.4, -0.2) is 47.0 Å². The van der Waals surface area contributed by atoms with E-state index in [1.165, 1.54) is 46.9 Å². The molecule has 11 heteroatoms. The van der Waals surface area contributed by atoms with Crippen LogP contribution in [-0.2, 0) is 16.1 Å². The summed E-state index contributed by atoms with van der Waals surface area (Å²) in [6.45, 7) is 2.35. The Hall–Kier alpha value is -3.15. The maximum Gasteiger partial charge on any atom is 0.294 e. The van der Waals surface area contributed by atoms with Gasteiger partial charge in [-0.05, 0) is 35.7 Å². The predicted octanol–water partition coefficient (Wildman–Crippen LogP) is 3.20. The lowest BCUT2D eigenvalue weighted by atomic mass is 10.3. The summed E-state index contributed by atoms with van der Waals surface area (Å²) < 4.78 is 20.4. The number of carbonyl (C=O) groups is 1. The highest BCUT2D eigenvalue weighted by molar-refractivity contribution is 7.23. The van der Waals surface area contributed by atoms with Crippen molar-refractivity contribution in [2.45, 2.75) is 6.54 Å². The van der Waals surface area contributed by atoms with E-state index < -0.39 is 17.3 Å². The summed E-state index contributed by atoms with van der Waals surface area (Å²) in [5.74, 6) is -0.835. The molecule has 1 aliphatic heterocycles. The zero-order valence-electron chi connectivity index (χ0n) is 16.8. The Morgan fingerprint density at radius 1 is 1.19 bits per heavy atom. The molecule has 0 atom stereocenters. The molecule has 0 spiro atoms. The minimum Gasteiger partial charge on any atom is -0.378 e. The molecule has 164 valence electrons. The van der Waals surface area contributed by atoms with Gasteiger partial charge in [0.25, 0.3) is 5.56 Å². The minimum atomic E-state index is -0.439. The van der Waals surface area contributed by atoms with Crippen LogP contribution in [0, 0.1) is 5.82 Å². The topological polar surface area (TPSA) is 89.3 Å². The lowest BCUT2D eigenvalue weighted by Gasteiger charge is -2.25.